The van der Waals surface area contributed by atoms with Crippen molar-refractivity contribution >= 4 is 11.6 Å². The molecule has 1 saturated heterocycles. The van der Waals surface area contributed by atoms with Crippen LogP contribution in [0, 0.1) is 11.3 Å². The SMILES string of the molecule is CC(C)(C)CCCC(=O)NCc1ccc(N2CCC(CO)CC2)cc1. The average Bonchev–Trinajstić information content (AvgIpc) is 2.59. The van der Waals surface area contributed by atoms with Crippen molar-refractivity contribution in [2.24, 2.45) is 11.3 Å². The van der Waals surface area contributed by atoms with Gasteiger partial charge in [0.1, 0.15) is 0 Å². The molecule has 0 radical (unpaired) electrons. The average molecular weight is 347 g/mol. The topological polar surface area (TPSA) is 52.6 Å². The van der Waals surface area contributed by atoms with Gasteiger partial charge in [-0.2, -0.15) is 0 Å². The maximum Gasteiger partial charge on any atom is 0.220 e. The van der Waals surface area contributed by atoms with Crippen molar-refractivity contribution in [3.8, 4) is 0 Å². The van der Waals surface area contributed by atoms with Crippen LogP contribution in [0.1, 0.15) is 58.4 Å². The number of piperidine rings is 1. The van der Waals surface area contributed by atoms with Gasteiger partial charge in [0.25, 0.3) is 0 Å². The smallest absolute Gasteiger partial charge is 0.220 e. The molecule has 140 valence electrons. The van der Waals surface area contributed by atoms with E-state index in [-0.39, 0.29) is 5.91 Å². The van der Waals surface area contributed by atoms with Crippen LogP contribution in [-0.2, 0) is 11.3 Å². The molecule has 2 N–H and O–H groups in total. The Balaban J connectivity index is 1.72. The second-order valence-corrected chi connectivity index (χ2v) is 8.47. The summed E-state index contributed by atoms with van der Waals surface area (Å²) < 4.78 is 0. The summed E-state index contributed by atoms with van der Waals surface area (Å²) in [4.78, 5) is 14.3. The first kappa shape index (κ1) is 19.8. The Morgan fingerprint density at radius 2 is 1.84 bits per heavy atom. The number of aliphatic hydroxyl groups is 1. The minimum atomic E-state index is 0.138. The number of carbonyl (C=O) groups excluding carboxylic acids is 1. The van der Waals surface area contributed by atoms with E-state index in [1.807, 2.05) is 0 Å². The number of amides is 1. The number of rotatable bonds is 7. The summed E-state index contributed by atoms with van der Waals surface area (Å²) >= 11 is 0. The van der Waals surface area contributed by atoms with Crippen molar-refractivity contribution < 1.29 is 9.90 Å². The van der Waals surface area contributed by atoms with Gasteiger partial charge in [0.2, 0.25) is 5.91 Å². The first-order chi connectivity index (χ1) is 11.9. The van der Waals surface area contributed by atoms with Gasteiger partial charge in [0, 0.05) is 38.3 Å². The molecular formula is C21H34N2O2. The minimum Gasteiger partial charge on any atom is -0.396 e. The van der Waals surface area contributed by atoms with Crippen molar-refractivity contribution in [1.29, 1.82) is 0 Å². The fraction of sp³-hybridized carbons (Fsp3) is 0.667. The Bertz CT molecular complexity index is 526. The molecule has 0 saturated carbocycles. The Morgan fingerprint density at radius 1 is 1.20 bits per heavy atom. The molecule has 1 heterocycles. The lowest BCUT2D eigenvalue weighted by atomic mass is 9.90. The standard InChI is InChI=1S/C21H34N2O2/c1-21(2,3)12-4-5-20(25)22-15-17-6-8-19(9-7-17)23-13-10-18(16-24)11-14-23/h6-9,18,24H,4-5,10-16H2,1-3H3,(H,22,25). The highest BCUT2D eigenvalue weighted by molar-refractivity contribution is 5.75. The van der Waals surface area contributed by atoms with Gasteiger partial charge < -0.3 is 15.3 Å². The van der Waals surface area contributed by atoms with Crippen molar-refractivity contribution in [1.82, 2.24) is 5.32 Å². The van der Waals surface area contributed by atoms with E-state index < -0.39 is 0 Å². The molecule has 4 heteroatoms. The summed E-state index contributed by atoms with van der Waals surface area (Å²) in [5, 5.41) is 12.2. The van der Waals surface area contributed by atoms with Crippen LogP contribution in [0.4, 0.5) is 5.69 Å². The fourth-order valence-electron chi connectivity index (χ4n) is 3.27. The number of hydrogen-bond donors (Lipinski definition) is 2. The number of carbonyl (C=O) groups is 1. The van der Waals surface area contributed by atoms with E-state index in [2.05, 4.69) is 55.3 Å². The number of aliphatic hydroxyl groups excluding tert-OH is 1. The highest BCUT2D eigenvalue weighted by Crippen LogP contribution is 2.23. The molecule has 0 aromatic heterocycles. The Hall–Kier alpha value is -1.55. The largest absolute Gasteiger partial charge is 0.396 e. The zero-order chi connectivity index (χ0) is 18.3. The molecule has 1 aromatic rings. The predicted molar refractivity (Wildman–Crippen MR) is 104 cm³/mol. The molecule has 1 aliphatic heterocycles. The third-order valence-corrected chi connectivity index (χ3v) is 4.99. The van der Waals surface area contributed by atoms with Gasteiger partial charge in [0.05, 0.1) is 0 Å². The number of hydrogen-bond acceptors (Lipinski definition) is 3. The maximum absolute atomic E-state index is 11.9. The zero-order valence-electron chi connectivity index (χ0n) is 16.1. The lowest BCUT2D eigenvalue weighted by Crippen LogP contribution is -2.34. The normalized spacial score (nSPS) is 16.1. The Morgan fingerprint density at radius 3 is 2.40 bits per heavy atom. The zero-order valence-corrected chi connectivity index (χ0v) is 16.1. The molecule has 0 spiro atoms. The molecule has 1 fully saturated rings. The molecule has 0 aliphatic carbocycles. The van der Waals surface area contributed by atoms with Crippen molar-refractivity contribution in [2.75, 3.05) is 24.6 Å². The molecule has 0 atom stereocenters. The fourth-order valence-corrected chi connectivity index (χ4v) is 3.27. The molecule has 2 rings (SSSR count). The summed E-state index contributed by atoms with van der Waals surface area (Å²) in [5.41, 5.74) is 2.66. The number of benzene rings is 1. The van der Waals surface area contributed by atoms with Crippen molar-refractivity contribution in [3.63, 3.8) is 0 Å². The summed E-state index contributed by atoms with van der Waals surface area (Å²) in [6.45, 7) is 9.55. The van der Waals surface area contributed by atoms with E-state index in [0.717, 1.165) is 44.3 Å². The first-order valence-electron chi connectivity index (χ1n) is 9.59. The molecule has 1 aliphatic rings. The lowest BCUT2D eigenvalue weighted by molar-refractivity contribution is -0.121. The van der Waals surface area contributed by atoms with Crippen LogP contribution in [0.3, 0.4) is 0 Å². The van der Waals surface area contributed by atoms with E-state index >= 15 is 0 Å². The van der Waals surface area contributed by atoms with Gasteiger partial charge in [-0.3, -0.25) is 4.79 Å². The van der Waals surface area contributed by atoms with E-state index in [1.54, 1.807) is 0 Å². The Kier molecular flexibility index (Phi) is 7.30. The van der Waals surface area contributed by atoms with Crippen molar-refractivity contribution in [3.05, 3.63) is 29.8 Å². The molecule has 0 unspecified atom stereocenters. The van der Waals surface area contributed by atoms with Crippen LogP contribution in [-0.4, -0.2) is 30.7 Å². The lowest BCUT2D eigenvalue weighted by Gasteiger charge is -2.33. The number of nitrogens with one attached hydrogen (secondary N) is 1. The molecule has 25 heavy (non-hydrogen) atoms. The van der Waals surface area contributed by atoms with Gasteiger partial charge in [-0.15, -0.1) is 0 Å². The van der Waals surface area contributed by atoms with Crippen LogP contribution < -0.4 is 10.2 Å². The van der Waals surface area contributed by atoms with E-state index in [4.69, 9.17) is 0 Å². The second-order valence-electron chi connectivity index (χ2n) is 8.47. The Labute approximate surface area is 152 Å². The predicted octanol–water partition coefficient (Wildman–Crippen LogP) is 3.73. The quantitative estimate of drug-likeness (QED) is 0.791. The molecule has 1 aromatic carbocycles. The third kappa shape index (κ3) is 7.07. The summed E-state index contributed by atoms with van der Waals surface area (Å²) in [7, 11) is 0. The van der Waals surface area contributed by atoms with E-state index in [9.17, 15) is 9.90 Å². The van der Waals surface area contributed by atoms with E-state index in [1.165, 1.54) is 5.69 Å². The van der Waals surface area contributed by atoms with Crippen LogP contribution in [0.15, 0.2) is 24.3 Å². The van der Waals surface area contributed by atoms with Crippen LogP contribution in [0.25, 0.3) is 0 Å². The van der Waals surface area contributed by atoms with Gasteiger partial charge in [-0.05, 0) is 54.7 Å². The third-order valence-electron chi connectivity index (χ3n) is 4.99. The highest BCUT2D eigenvalue weighted by Gasteiger charge is 2.18. The molecule has 4 nitrogen and oxygen atoms in total. The summed E-state index contributed by atoms with van der Waals surface area (Å²) in [5.74, 6) is 0.600. The monoisotopic (exact) mass is 346 g/mol. The number of anilines is 1. The maximum atomic E-state index is 11.9. The van der Waals surface area contributed by atoms with Crippen LogP contribution >= 0.6 is 0 Å². The van der Waals surface area contributed by atoms with Crippen molar-refractivity contribution in [2.45, 2.75) is 59.4 Å². The van der Waals surface area contributed by atoms with Gasteiger partial charge in [0.15, 0.2) is 0 Å². The van der Waals surface area contributed by atoms with Crippen LogP contribution in [0.5, 0.6) is 0 Å². The highest BCUT2D eigenvalue weighted by atomic mass is 16.3. The van der Waals surface area contributed by atoms with Gasteiger partial charge in [-0.1, -0.05) is 32.9 Å². The van der Waals surface area contributed by atoms with E-state index in [0.29, 0.717) is 30.9 Å². The summed E-state index contributed by atoms with van der Waals surface area (Å²) in [6.07, 6.45) is 4.74. The minimum absolute atomic E-state index is 0.138. The number of nitrogens with zero attached hydrogens (tertiary/aromatic N) is 1. The molecular weight excluding hydrogens is 312 g/mol. The molecule has 1 amide bonds. The summed E-state index contributed by atoms with van der Waals surface area (Å²) in [6, 6.07) is 8.48. The first-order valence-corrected chi connectivity index (χ1v) is 9.59. The second kappa shape index (κ2) is 9.23. The van der Waals surface area contributed by atoms with Crippen LogP contribution in [0.2, 0.25) is 0 Å². The molecule has 0 bridgehead atoms. The van der Waals surface area contributed by atoms with Gasteiger partial charge in [-0.25, -0.2) is 0 Å². The van der Waals surface area contributed by atoms with Gasteiger partial charge >= 0.3 is 0 Å².